The normalized spacial score (nSPS) is 26.9. The Balaban J connectivity index is 1.63. The van der Waals surface area contributed by atoms with Crippen molar-refractivity contribution >= 4 is 12.0 Å². The van der Waals surface area contributed by atoms with Crippen molar-refractivity contribution in [1.29, 1.82) is 0 Å². The van der Waals surface area contributed by atoms with Crippen molar-refractivity contribution < 1.29 is 14.7 Å². The predicted octanol–water partition coefficient (Wildman–Crippen LogP) is 1.56. The summed E-state index contributed by atoms with van der Waals surface area (Å²) in [5.41, 5.74) is 0. The molecule has 0 aliphatic carbocycles. The van der Waals surface area contributed by atoms with E-state index in [4.69, 9.17) is 5.11 Å². The number of fused-ring (bicyclic) bond motifs is 1. The van der Waals surface area contributed by atoms with Gasteiger partial charge < -0.3 is 20.6 Å². The second-order valence-electron chi connectivity index (χ2n) is 6.36. The molecule has 0 aromatic heterocycles. The lowest BCUT2D eigenvalue weighted by Crippen LogP contribution is -2.51. The van der Waals surface area contributed by atoms with Crippen LogP contribution in [0.3, 0.4) is 0 Å². The Hall–Kier alpha value is -1.30. The Morgan fingerprint density at radius 3 is 2.90 bits per heavy atom. The molecular weight excluding hydrogens is 270 g/mol. The third-order valence-electron chi connectivity index (χ3n) is 4.56. The smallest absolute Gasteiger partial charge is 0.315 e. The fraction of sp³-hybridized carbons (Fsp3) is 0.867. The van der Waals surface area contributed by atoms with Crippen molar-refractivity contribution in [1.82, 2.24) is 15.5 Å². The summed E-state index contributed by atoms with van der Waals surface area (Å²) in [4.78, 5) is 24.9. The summed E-state index contributed by atoms with van der Waals surface area (Å²) in [6.45, 7) is 4.22. The average molecular weight is 297 g/mol. The second-order valence-corrected chi connectivity index (χ2v) is 6.36. The highest BCUT2D eigenvalue weighted by Gasteiger charge is 2.32. The molecule has 3 N–H and O–H groups in total. The molecule has 2 saturated heterocycles. The van der Waals surface area contributed by atoms with Crippen LogP contribution in [0.5, 0.6) is 0 Å². The van der Waals surface area contributed by atoms with Gasteiger partial charge in [-0.2, -0.15) is 0 Å². The van der Waals surface area contributed by atoms with E-state index in [1.807, 2.05) is 6.92 Å². The summed E-state index contributed by atoms with van der Waals surface area (Å²) in [6, 6.07) is 0.817. The largest absolute Gasteiger partial charge is 0.481 e. The van der Waals surface area contributed by atoms with Gasteiger partial charge in [-0.25, -0.2) is 4.79 Å². The van der Waals surface area contributed by atoms with Gasteiger partial charge in [-0.05, 0) is 52.0 Å². The van der Waals surface area contributed by atoms with Crippen LogP contribution >= 0.6 is 0 Å². The summed E-state index contributed by atoms with van der Waals surface area (Å²) in [5.74, 6) is -0.782. The van der Waals surface area contributed by atoms with Gasteiger partial charge in [-0.3, -0.25) is 4.79 Å². The zero-order valence-corrected chi connectivity index (χ0v) is 12.8. The van der Waals surface area contributed by atoms with Crippen molar-refractivity contribution in [2.45, 2.75) is 70.0 Å². The van der Waals surface area contributed by atoms with Crippen LogP contribution in [0.4, 0.5) is 4.79 Å². The molecule has 2 aliphatic heterocycles. The average Bonchev–Trinajstić information content (AvgIpc) is 2.85. The van der Waals surface area contributed by atoms with Crippen LogP contribution in [0.1, 0.15) is 51.9 Å². The minimum Gasteiger partial charge on any atom is -0.481 e. The molecule has 3 atom stereocenters. The number of aliphatic carboxylic acids is 1. The van der Waals surface area contributed by atoms with Gasteiger partial charge in [-0.15, -0.1) is 0 Å². The number of nitrogens with one attached hydrogen (secondary N) is 2. The molecule has 21 heavy (non-hydrogen) atoms. The van der Waals surface area contributed by atoms with Crippen LogP contribution in [0.15, 0.2) is 0 Å². The first-order valence-electron chi connectivity index (χ1n) is 8.07. The van der Waals surface area contributed by atoms with Gasteiger partial charge in [0.15, 0.2) is 0 Å². The quantitative estimate of drug-likeness (QED) is 0.695. The lowest BCUT2D eigenvalue weighted by atomic mass is 9.98. The Kier molecular flexibility index (Phi) is 5.85. The Morgan fingerprint density at radius 1 is 1.33 bits per heavy atom. The highest BCUT2D eigenvalue weighted by Crippen LogP contribution is 2.26. The summed E-state index contributed by atoms with van der Waals surface area (Å²) >= 11 is 0. The molecule has 2 amide bonds. The number of nitrogens with zero attached hydrogens (tertiary/aromatic N) is 1. The van der Waals surface area contributed by atoms with E-state index in [-0.39, 0.29) is 24.5 Å². The molecule has 0 saturated carbocycles. The third kappa shape index (κ3) is 5.19. The SMILES string of the molecule is CC(CCCC(=O)O)NC(=O)NC1CCN2CCCC2C1. The number of amides is 2. The third-order valence-corrected chi connectivity index (χ3v) is 4.56. The van der Waals surface area contributed by atoms with E-state index in [0.29, 0.717) is 18.9 Å². The number of rotatable bonds is 6. The Bertz CT molecular complexity index is 375. The first-order chi connectivity index (χ1) is 10.0. The van der Waals surface area contributed by atoms with Crippen molar-refractivity contribution in [3.63, 3.8) is 0 Å². The fourth-order valence-electron chi connectivity index (χ4n) is 3.44. The zero-order chi connectivity index (χ0) is 15.2. The minimum absolute atomic E-state index is 0.0101. The van der Waals surface area contributed by atoms with E-state index >= 15 is 0 Å². The zero-order valence-electron chi connectivity index (χ0n) is 12.8. The van der Waals surface area contributed by atoms with Crippen LogP contribution in [0.25, 0.3) is 0 Å². The first-order valence-corrected chi connectivity index (χ1v) is 8.07. The van der Waals surface area contributed by atoms with Gasteiger partial charge in [0, 0.05) is 31.1 Å². The molecule has 2 aliphatic rings. The molecule has 0 spiro atoms. The van der Waals surface area contributed by atoms with Gasteiger partial charge in [0.25, 0.3) is 0 Å². The minimum atomic E-state index is -0.782. The lowest BCUT2D eigenvalue weighted by molar-refractivity contribution is -0.137. The van der Waals surface area contributed by atoms with Crippen LogP contribution in [-0.4, -0.2) is 53.2 Å². The number of carbonyl (C=O) groups is 2. The number of urea groups is 1. The van der Waals surface area contributed by atoms with Crippen LogP contribution in [-0.2, 0) is 4.79 Å². The molecule has 3 unspecified atom stereocenters. The monoisotopic (exact) mass is 297 g/mol. The number of carboxylic acid groups (broad SMARTS) is 1. The molecular formula is C15H27N3O3. The summed E-state index contributed by atoms with van der Waals surface area (Å²) in [6.07, 6.45) is 6.07. The fourth-order valence-corrected chi connectivity index (χ4v) is 3.44. The van der Waals surface area contributed by atoms with Crippen molar-refractivity contribution in [2.75, 3.05) is 13.1 Å². The Labute approximate surface area is 126 Å². The van der Waals surface area contributed by atoms with Crippen molar-refractivity contribution in [3.05, 3.63) is 0 Å². The molecule has 2 rings (SSSR count). The molecule has 2 fully saturated rings. The van der Waals surface area contributed by atoms with Crippen LogP contribution < -0.4 is 10.6 Å². The number of piperidine rings is 1. The van der Waals surface area contributed by atoms with Gasteiger partial charge in [0.2, 0.25) is 0 Å². The molecule has 0 aromatic rings. The summed E-state index contributed by atoms with van der Waals surface area (Å²) in [7, 11) is 0. The van der Waals surface area contributed by atoms with Gasteiger partial charge in [0.05, 0.1) is 0 Å². The second kappa shape index (κ2) is 7.64. The maximum atomic E-state index is 12.0. The maximum absolute atomic E-state index is 12.0. The van der Waals surface area contributed by atoms with Crippen molar-refractivity contribution in [2.24, 2.45) is 0 Å². The van der Waals surface area contributed by atoms with Crippen LogP contribution in [0.2, 0.25) is 0 Å². The Morgan fingerprint density at radius 2 is 2.14 bits per heavy atom. The van der Waals surface area contributed by atoms with E-state index in [1.54, 1.807) is 0 Å². The lowest BCUT2D eigenvalue weighted by Gasteiger charge is -2.35. The van der Waals surface area contributed by atoms with Gasteiger partial charge in [0.1, 0.15) is 0 Å². The number of carboxylic acids is 1. The van der Waals surface area contributed by atoms with E-state index in [9.17, 15) is 9.59 Å². The topological polar surface area (TPSA) is 81.7 Å². The number of carbonyl (C=O) groups excluding carboxylic acids is 1. The molecule has 6 nitrogen and oxygen atoms in total. The summed E-state index contributed by atoms with van der Waals surface area (Å²) < 4.78 is 0. The molecule has 120 valence electrons. The molecule has 0 radical (unpaired) electrons. The molecule has 0 aromatic carbocycles. The number of hydrogen-bond acceptors (Lipinski definition) is 3. The first kappa shape index (κ1) is 16.1. The highest BCUT2D eigenvalue weighted by atomic mass is 16.4. The molecule has 6 heteroatoms. The standard InChI is InChI=1S/C15H27N3O3/c1-11(4-2-6-14(19)20)16-15(21)17-12-7-9-18-8-3-5-13(18)10-12/h11-13H,2-10H2,1H3,(H,19,20)(H2,16,17,21). The van der Waals surface area contributed by atoms with Gasteiger partial charge >= 0.3 is 12.0 Å². The maximum Gasteiger partial charge on any atom is 0.315 e. The van der Waals surface area contributed by atoms with E-state index in [0.717, 1.165) is 19.4 Å². The van der Waals surface area contributed by atoms with E-state index < -0.39 is 5.97 Å². The van der Waals surface area contributed by atoms with E-state index in [2.05, 4.69) is 15.5 Å². The highest BCUT2D eigenvalue weighted by molar-refractivity contribution is 5.74. The predicted molar refractivity (Wildman–Crippen MR) is 80.2 cm³/mol. The number of hydrogen-bond donors (Lipinski definition) is 3. The van der Waals surface area contributed by atoms with Crippen molar-refractivity contribution in [3.8, 4) is 0 Å². The van der Waals surface area contributed by atoms with Gasteiger partial charge in [-0.1, -0.05) is 0 Å². The molecule has 0 bridgehead atoms. The van der Waals surface area contributed by atoms with Crippen LogP contribution in [0, 0.1) is 0 Å². The summed E-state index contributed by atoms with van der Waals surface area (Å²) in [5, 5.41) is 14.6. The molecule has 2 heterocycles. The van der Waals surface area contributed by atoms with E-state index in [1.165, 1.54) is 19.4 Å².